The highest BCUT2D eigenvalue weighted by atomic mass is 16.6. The molecular formula is C12H14O3. The lowest BCUT2D eigenvalue weighted by Crippen LogP contribution is -2.09. The Hall–Kier alpha value is -1.35. The SMILES string of the molecule is Cc1ccc2c(c1)CCOCCOC2=O. The number of hydrogen-bond acceptors (Lipinski definition) is 3. The molecule has 3 nitrogen and oxygen atoms in total. The first-order valence-corrected chi connectivity index (χ1v) is 5.12. The summed E-state index contributed by atoms with van der Waals surface area (Å²) in [6.07, 6.45) is 0.770. The third-order valence-corrected chi connectivity index (χ3v) is 2.46. The summed E-state index contributed by atoms with van der Waals surface area (Å²) in [4.78, 5) is 11.6. The molecular weight excluding hydrogens is 192 g/mol. The molecule has 0 atom stereocenters. The lowest BCUT2D eigenvalue weighted by atomic mass is 10.0. The van der Waals surface area contributed by atoms with Gasteiger partial charge in [-0.3, -0.25) is 0 Å². The molecule has 0 aromatic heterocycles. The molecule has 1 aliphatic rings. The predicted octanol–water partition coefficient (Wildman–Crippen LogP) is 1.72. The number of carbonyl (C=O) groups excluding carboxylic acids is 1. The maximum Gasteiger partial charge on any atom is 0.338 e. The molecule has 0 unspecified atom stereocenters. The normalized spacial score (nSPS) is 17.0. The van der Waals surface area contributed by atoms with Crippen molar-refractivity contribution in [1.29, 1.82) is 0 Å². The average Bonchev–Trinajstić information content (AvgIpc) is 2.30. The van der Waals surface area contributed by atoms with Crippen molar-refractivity contribution in [1.82, 2.24) is 0 Å². The molecule has 0 spiro atoms. The maximum atomic E-state index is 11.6. The van der Waals surface area contributed by atoms with E-state index in [0.29, 0.717) is 25.4 Å². The van der Waals surface area contributed by atoms with Crippen LogP contribution in [-0.2, 0) is 15.9 Å². The summed E-state index contributed by atoms with van der Waals surface area (Å²) in [6, 6.07) is 5.78. The number of ether oxygens (including phenoxy) is 2. The van der Waals surface area contributed by atoms with E-state index in [9.17, 15) is 4.79 Å². The van der Waals surface area contributed by atoms with Crippen molar-refractivity contribution >= 4 is 5.97 Å². The molecule has 1 aromatic carbocycles. The Kier molecular flexibility index (Phi) is 3.02. The number of hydrogen-bond donors (Lipinski definition) is 0. The van der Waals surface area contributed by atoms with Gasteiger partial charge in [-0.25, -0.2) is 4.79 Å². The second-order valence-corrected chi connectivity index (χ2v) is 3.66. The molecule has 0 amide bonds. The highest BCUT2D eigenvalue weighted by Crippen LogP contribution is 2.15. The quantitative estimate of drug-likeness (QED) is 0.606. The van der Waals surface area contributed by atoms with E-state index in [1.165, 1.54) is 0 Å². The van der Waals surface area contributed by atoms with Gasteiger partial charge in [0.2, 0.25) is 0 Å². The zero-order valence-electron chi connectivity index (χ0n) is 8.79. The van der Waals surface area contributed by atoms with Gasteiger partial charge in [0.15, 0.2) is 0 Å². The number of rotatable bonds is 0. The van der Waals surface area contributed by atoms with E-state index in [0.717, 1.165) is 17.5 Å². The zero-order valence-corrected chi connectivity index (χ0v) is 8.79. The van der Waals surface area contributed by atoms with E-state index in [-0.39, 0.29) is 5.97 Å². The van der Waals surface area contributed by atoms with E-state index >= 15 is 0 Å². The molecule has 3 heteroatoms. The lowest BCUT2D eigenvalue weighted by Gasteiger charge is -2.07. The summed E-state index contributed by atoms with van der Waals surface area (Å²) in [5.74, 6) is -0.240. The average molecular weight is 206 g/mol. The van der Waals surface area contributed by atoms with Gasteiger partial charge in [0.25, 0.3) is 0 Å². The Labute approximate surface area is 89.0 Å². The third kappa shape index (κ3) is 2.36. The van der Waals surface area contributed by atoms with Gasteiger partial charge in [-0.15, -0.1) is 0 Å². The summed E-state index contributed by atoms with van der Waals surface area (Å²) < 4.78 is 10.4. The van der Waals surface area contributed by atoms with Gasteiger partial charge in [0.05, 0.1) is 18.8 Å². The van der Waals surface area contributed by atoms with Crippen LogP contribution < -0.4 is 0 Å². The Morgan fingerprint density at radius 2 is 2.07 bits per heavy atom. The fraction of sp³-hybridized carbons (Fsp3) is 0.417. The van der Waals surface area contributed by atoms with E-state index in [4.69, 9.17) is 9.47 Å². The molecule has 0 saturated carbocycles. The zero-order chi connectivity index (χ0) is 10.7. The Morgan fingerprint density at radius 3 is 2.93 bits per heavy atom. The molecule has 1 aliphatic heterocycles. The van der Waals surface area contributed by atoms with Crippen molar-refractivity contribution in [2.75, 3.05) is 19.8 Å². The number of carbonyl (C=O) groups is 1. The maximum absolute atomic E-state index is 11.6. The van der Waals surface area contributed by atoms with E-state index in [1.807, 2.05) is 25.1 Å². The molecule has 0 fully saturated rings. The van der Waals surface area contributed by atoms with Crippen molar-refractivity contribution < 1.29 is 14.3 Å². The van der Waals surface area contributed by atoms with Crippen LogP contribution in [0.15, 0.2) is 18.2 Å². The van der Waals surface area contributed by atoms with Crippen molar-refractivity contribution in [3.8, 4) is 0 Å². The second kappa shape index (κ2) is 4.45. The molecule has 80 valence electrons. The van der Waals surface area contributed by atoms with Crippen LogP contribution in [0.3, 0.4) is 0 Å². The number of benzene rings is 1. The summed E-state index contributed by atoms with van der Waals surface area (Å²) >= 11 is 0. The fourth-order valence-corrected chi connectivity index (χ4v) is 1.68. The minimum Gasteiger partial charge on any atom is -0.460 e. The van der Waals surface area contributed by atoms with Crippen LogP contribution in [0.5, 0.6) is 0 Å². The molecule has 0 aliphatic carbocycles. The van der Waals surface area contributed by atoms with Crippen LogP contribution in [0.1, 0.15) is 21.5 Å². The first kappa shape index (κ1) is 10.2. The first-order chi connectivity index (χ1) is 7.27. The summed E-state index contributed by atoms with van der Waals surface area (Å²) in [7, 11) is 0. The Morgan fingerprint density at radius 1 is 1.20 bits per heavy atom. The van der Waals surface area contributed by atoms with Crippen LogP contribution in [0.2, 0.25) is 0 Å². The third-order valence-electron chi connectivity index (χ3n) is 2.46. The molecule has 1 aromatic rings. The van der Waals surface area contributed by atoms with Crippen molar-refractivity contribution in [3.63, 3.8) is 0 Å². The van der Waals surface area contributed by atoms with Gasteiger partial charge >= 0.3 is 5.97 Å². The van der Waals surface area contributed by atoms with Gasteiger partial charge in [0, 0.05) is 0 Å². The first-order valence-electron chi connectivity index (χ1n) is 5.12. The number of esters is 1. The van der Waals surface area contributed by atoms with Crippen LogP contribution in [0.4, 0.5) is 0 Å². The van der Waals surface area contributed by atoms with Gasteiger partial charge in [-0.1, -0.05) is 17.7 Å². The minimum atomic E-state index is -0.240. The summed E-state index contributed by atoms with van der Waals surface area (Å²) in [6.45, 7) is 3.48. The molecule has 15 heavy (non-hydrogen) atoms. The molecule has 0 bridgehead atoms. The van der Waals surface area contributed by atoms with Crippen molar-refractivity contribution in [3.05, 3.63) is 34.9 Å². The lowest BCUT2D eigenvalue weighted by molar-refractivity contribution is 0.0343. The summed E-state index contributed by atoms with van der Waals surface area (Å²) in [5, 5.41) is 0. The number of fused-ring (bicyclic) bond motifs is 1. The Balaban J connectivity index is 2.35. The molecule has 0 radical (unpaired) electrons. The smallest absolute Gasteiger partial charge is 0.338 e. The molecule has 0 saturated heterocycles. The molecule has 0 N–H and O–H groups in total. The van der Waals surface area contributed by atoms with Gasteiger partial charge in [-0.2, -0.15) is 0 Å². The van der Waals surface area contributed by atoms with Crippen LogP contribution in [0.25, 0.3) is 0 Å². The molecule has 1 heterocycles. The monoisotopic (exact) mass is 206 g/mol. The van der Waals surface area contributed by atoms with Crippen molar-refractivity contribution in [2.45, 2.75) is 13.3 Å². The highest BCUT2D eigenvalue weighted by Gasteiger charge is 2.14. The van der Waals surface area contributed by atoms with E-state index in [1.54, 1.807) is 0 Å². The second-order valence-electron chi connectivity index (χ2n) is 3.66. The van der Waals surface area contributed by atoms with Crippen molar-refractivity contribution in [2.24, 2.45) is 0 Å². The highest BCUT2D eigenvalue weighted by molar-refractivity contribution is 5.91. The van der Waals surface area contributed by atoms with E-state index in [2.05, 4.69) is 0 Å². The van der Waals surface area contributed by atoms with Gasteiger partial charge in [0.1, 0.15) is 6.61 Å². The van der Waals surface area contributed by atoms with Gasteiger partial charge in [-0.05, 0) is 25.0 Å². The predicted molar refractivity (Wildman–Crippen MR) is 56.0 cm³/mol. The van der Waals surface area contributed by atoms with Gasteiger partial charge < -0.3 is 9.47 Å². The number of cyclic esters (lactones) is 1. The Bertz CT molecular complexity index is 371. The van der Waals surface area contributed by atoms with E-state index < -0.39 is 0 Å². The minimum absolute atomic E-state index is 0.240. The summed E-state index contributed by atoms with van der Waals surface area (Å²) in [5.41, 5.74) is 2.84. The topological polar surface area (TPSA) is 35.5 Å². The largest absolute Gasteiger partial charge is 0.460 e. The van der Waals surface area contributed by atoms with Crippen LogP contribution in [0, 0.1) is 6.92 Å². The fourth-order valence-electron chi connectivity index (χ4n) is 1.68. The van der Waals surface area contributed by atoms with Crippen LogP contribution >= 0.6 is 0 Å². The number of aryl methyl sites for hydroxylation is 1. The standard InChI is InChI=1S/C12H14O3/c1-9-2-3-11-10(8-9)4-5-14-6-7-15-12(11)13/h2-3,8H,4-7H2,1H3. The molecule has 2 rings (SSSR count). The van der Waals surface area contributed by atoms with Crippen LogP contribution in [-0.4, -0.2) is 25.8 Å².